The predicted octanol–water partition coefficient (Wildman–Crippen LogP) is 4.24. The number of halogens is 1. The second-order valence-electron chi connectivity index (χ2n) is 7.12. The molecule has 0 saturated heterocycles. The van der Waals surface area contributed by atoms with Gasteiger partial charge in [-0.3, -0.25) is 4.79 Å². The van der Waals surface area contributed by atoms with E-state index in [-0.39, 0.29) is 11.6 Å². The molecule has 0 saturated carbocycles. The molecule has 1 aliphatic carbocycles. The molecular formula is C21H21ClN4O3S2. The minimum absolute atomic E-state index is 0.0718. The van der Waals surface area contributed by atoms with Gasteiger partial charge in [0.1, 0.15) is 5.69 Å². The molecule has 1 atom stereocenters. The molecule has 1 N–H and O–H groups in total. The molecule has 0 fully saturated rings. The van der Waals surface area contributed by atoms with E-state index in [2.05, 4.69) is 17.1 Å². The molecule has 1 amide bonds. The van der Waals surface area contributed by atoms with Gasteiger partial charge in [-0.2, -0.15) is 5.26 Å². The Morgan fingerprint density at radius 2 is 2.10 bits per heavy atom. The Morgan fingerprint density at radius 3 is 2.71 bits per heavy atom. The van der Waals surface area contributed by atoms with Crippen LogP contribution >= 0.6 is 22.9 Å². The van der Waals surface area contributed by atoms with Crippen LogP contribution in [0.5, 0.6) is 0 Å². The van der Waals surface area contributed by atoms with Crippen molar-refractivity contribution in [3.63, 3.8) is 0 Å². The Labute approximate surface area is 190 Å². The average Bonchev–Trinajstić information content (AvgIpc) is 3.10. The van der Waals surface area contributed by atoms with E-state index in [9.17, 15) is 13.2 Å². The standard InChI is InChI=1S/C21H21ClN4O3S2/c1-14-19(20(27)25-31(2,28)29)24-21(30-14)26(17-9-7-15(13-23)8-10-17)12-11-16-5-3-4-6-18(16)22/h3-4,6-10,16H,5,11-12H2,1-2H3,(H,25,27). The molecule has 31 heavy (non-hydrogen) atoms. The fourth-order valence-electron chi connectivity index (χ4n) is 3.17. The number of benzene rings is 1. The lowest BCUT2D eigenvalue weighted by atomic mass is 9.96. The number of aryl methyl sites for hydroxylation is 1. The first kappa shape index (κ1) is 23.0. The van der Waals surface area contributed by atoms with Crippen LogP contribution in [0.4, 0.5) is 10.8 Å². The highest BCUT2D eigenvalue weighted by Gasteiger charge is 2.23. The predicted molar refractivity (Wildman–Crippen MR) is 123 cm³/mol. The maximum atomic E-state index is 12.4. The van der Waals surface area contributed by atoms with Gasteiger partial charge >= 0.3 is 0 Å². The van der Waals surface area contributed by atoms with E-state index in [1.54, 1.807) is 19.1 Å². The number of carbonyl (C=O) groups is 1. The zero-order valence-electron chi connectivity index (χ0n) is 17.0. The number of nitriles is 1. The molecule has 1 heterocycles. The number of allylic oxidation sites excluding steroid dienone is 4. The number of aromatic nitrogens is 1. The van der Waals surface area contributed by atoms with Crippen molar-refractivity contribution < 1.29 is 13.2 Å². The van der Waals surface area contributed by atoms with Gasteiger partial charge in [-0.15, -0.1) is 11.3 Å². The van der Waals surface area contributed by atoms with Gasteiger partial charge in [0.25, 0.3) is 5.91 Å². The smallest absolute Gasteiger partial charge is 0.284 e. The number of nitrogens with zero attached hydrogens (tertiary/aromatic N) is 3. The van der Waals surface area contributed by atoms with Crippen LogP contribution in [0.3, 0.4) is 0 Å². The number of sulfonamides is 1. The summed E-state index contributed by atoms with van der Waals surface area (Å²) >= 11 is 7.66. The molecule has 0 aliphatic heterocycles. The van der Waals surface area contributed by atoms with Gasteiger partial charge < -0.3 is 4.90 Å². The van der Waals surface area contributed by atoms with Crippen molar-refractivity contribution in [2.75, 3.05) is 17.7 Å². The molecular weight excluding hydrogens is 456 g/mol. The fourth-order valence-corrected chi connectivity index (χ4v) is 4.83. The lowest BCUT2D eigenvalue weighted by molar-refractivity contribution is 0.0977. The number of amides is 1. The Bertz CT molecular complexity index is 1180. The molecule has 1 aliphatic rings. The second kappa shape index (κ2) is 9.64. The maximum absolute atomic E-state index is 12.4. The minimum Gasteiger partial charge on any atom is -0.318 e. The summed E-state index contributed by atoms with van der Waals surface area (Å²) in [5, 5.41) is 10.4. The summed E-state index contributed by atoms with van der Waals surface area (Å²) in [7, 11) is -3.70. The van der Waals surface area contributed by atoms with E-state index in [4.69, 9.17) is 16.9 Å². The van der Waals surface area contributed by atoms with Gasteiger partial charge in [0.15, 0.2) is 5.13 Å². The molecule has 7 nitrogen and oxygen atoms in total. The van der Waals surface area contributed by atoms with Crippen LogP contribution in [-0.2, 0) is 10.0 Å². The number of rotatable bonds is 7. The molecule has 10 heteroatoms. The number of thiazole rings is 1. The van der Waals surface area contributed by atoms with Crippen LogP contribution in [0.15, 0.2) is 47.5 Å². The lowest BCUT2D eigenvalue weighted by Crippen LogP contribution is -2.30. The van der Waals surface area contributed by atoms with Crippen LogP contribution in [-0.4, -0.2) is 32.1 Å². The number of nitrogens with one attached hydrogen (secondary N) is 1. The number of anilines is 2. The van der Waals surface area contributed by atoms with E-state index in [1.807, 2.05) is 33.9 Å². The summed E-state index contributed by atoms with van der Waals surface area (Å²) in [5.41, 5.74) is 1.42. The molecule has 1 aromatic heterocycles. The van der Waals surface area contributed by atoms with Crippen LogP contribution in [0.25, 0.3) is 0 Å². The molecule has 1 unspecified atom stereocenters. The highest BCUT2D eigenvalue weighted by Crippen LogP contribution is 2.34. The van der Waals surface area contributed by atoms with E-state index in [1.165, 1.54) is 11.3 Å². The van der Waals surface area contributed by atoms with Gasteiger partial charge in [0.2, 0.25) is 10.0 Å². The lowest BCUT2D eigenvalue weighted by Gasteiger charge is -2.25. The van der Waals surface area contributed by atoms with Crippen LogP contribution in [0.2, 0.25) is 0 Å². The third kappa shape index (κ3) is 5.94. The minimum atomic E-state index is -3.70. The highest BCUT2D eigenvalue weighted by molar-refractivity contribution is 7.89. The topological polar surface area (TPSA) is 103 Å². The molecule has 0 radical (unpaired) electrons. The monoisotopic (exact) mass is 476 g/mol. The van der Waals surface area contributed by atoms with Crippen molar-refractivity contribution in [3.05, 3.63) is 63.7 Å². The normalized spacial score (nSPS) is 15.8. The summed E-state index contributed by atoms with van der Waals surface area (Å²) in [6.45, 7) is 2.30. The van der Waals surface area contributed by atoms with Crippen molar-refractivity contribution in [2.24, 2.45) is 5.92 Å². The van der Waals surface area contributed by atoms with Gasteiger partial charge in [0, 0.05) is 22.1 Å². The first-order valence-corrected chi connectivity index (χ1v) is 12.6. The van der Waals surface area contributed by atoms with Gasteiger partial charge in [-0.05, 0) is 56.0 Å². The average molecular weight is 477 g/mol. The van der Waals surface area contributed by atoms with Gasteiger partial charge in [-0.25, -0.2) is 18.1 Å². The fraction of sp³-hybridized carbons (Fsp3) is 0.286. The molecule has 2 aromatic rings. The van der Waals surface area contributed by atoms with Crippen molar-refractivity contribution in [3.8, 4) is 6.07 Å². The molecule has 0 bridgehead atoms. The summed E-state index contributed by atoms with van der Waals surface area (Å²) < 4.78 is 24.8. The van der Waals surface area contributed by atoms with Crippen LogP contribution < -0.4 is 9.62 Å². The van der Waals surface area contributed by atoms with Crippen molar-refractivity contribution in [1.82, 2.24) is 9.71 Å². The third-order valence-corrected chi connectivity index (χ3v) is 6.71. The highest BCUT2D eigenvalue weighted by atomic mass is 35.5. The van der Waals surface area contributed by atoms with Gasteiger partial charge in [0.05, 0.1) is 17.9 Å². The largest absolute Gasteiger partial charge is 0.318 e. The van der Waals surface area contributed by atoms with Crippen LogP contribution in [0.1, 0.15) is 33.8 Å². The first-order valence-electron chi connectivity index (χ1n) is 9.47. The molecule has 1 aromatic carbocycles. The quantitative estimate of drug-likeness (QED) is 0.641. The zero-order chi connectivity index (χ0) is 22.6. The molecule has 3 rings (SSSR count). The third-order valence-electron chi connectivity index (χ3n) is 4.72. The van der Waals surface area contributed by atoms with E-state index >= 15 is 0 Å². The number of hydrogen-bond donors (Lipinski definition) is 1. The van der Waals surface area contributed by atoms with Crippen LogP contribution in [0, 0.1) is 24.2 Å². The number of carbonyl (C=O) groups excluding carboxylic acids is 1. The number of hydrogen-bond acceptors (Lipinski definition) is 7. The Morgan fingerprint density at radius 1 is 1.39 bits per heavy atom. The van der Waals surface area contributed by atoms with E-state index < -0.39 is 15.9 Å². The Hall–Kier alpha value is -2.67. The van der Waals surface area contributed by atoms with E-state index in [0.717, 1.165) is 29.8 Å². The second-order valence-corrected chi connectivity index (χ2v) is 10.5. The van der Waals surface area contributed by atoms with Crippen molar-refractivity contribution in [1.29, 1.82) is 5.26 Å². The zero-order valence-corrected chi connectivity index (χ0v) is 19.4. The molecule has 0 spiro atoms. The Kier molecular flexibility index (Phi) is 7.15. The summed E-state index contributed by atoms with van der Waals surface area (Å²) in [4.78, 5) is 19.4. The first-order chi connectivity index (χ1) is 14.7. The van der Waals surface area contributed by atoms with Crippen molar-refractivity contribution in [2.45, 2.75) is 19.8 Å². The summed E-state index contributed by atoms with van der Waals surface area (Å²) in [5.74, 6) is -0.577. The van der Waals surface area contributed by atoms with E-state index in [0.29, 0.717) is 22.1 Å². The SMILES string of the molecule is Cc1sc(N(CCC2CC=CC=C2Cl)c2ccc(C#N)cc2)nc1C(=O)NS(C)(=O)=O. The Balaban J connectivity index is 1.91. The maximum Gasteiger partial charge on any atom is 0.284 e. The molecule has 162 valence electrons. The summed E-state index contributed by atoms with van der Waals surface area (Å²) in [6, 6.07) is 9.18. The summed E-state index contributed by atoms with van der Waals surface area (Å²) in [6.07, 6.45) is 8.42. The van der Waals surface area contributed by atoms with Crippen molar-refractivity contribution >= 4 is 49.7 Å². The van der Waals surface area contributed by atoms with Gasteiger partial charge in [-0.1, -0.05) is 23.8 Å².